The van der Waals surface area contributed by atoms with Crippen LogP contribution in [0.5, 0.6) is 0 Å². The summed E-state index contributed by atoms with van der Waals surface area (Å²) in [6, 6.07) is 0. The molecule has 1 N–H and O–H groups in total. The lowest BCUT2D eigenvalue weighted by molar-refractivity contribution is 0.301. The first-order valence-corrected chi connectivity index (χ1v) is 11.1. The standard InChI is InChI=1S/C15H23BrN4OSi/c1-15(2,3)22(4,5)21-9-8-19-14-13-12(11(16)10-20-14)17-6-7-18-13/h6-7,10H,8-9H2,1-5H3,(H,19,20). The van der Waals surface area contributed by atoms with Gasteiger partial charge in [0.2, 0.25) is 0 Å². The minimum Gasteiger partial charge on any atom is -0.415 e. The zero-order chi connectivity index (χ0) is 16.4. The van der Waals surface area contributed by atoms with Crippen molar-refractivity contribution < 1.29 is 4.43 Å². The number of anilines is 1. The second kappa shape index (κ2) is 6.60. The van der Waals surface area contributed by atoms with Crippen molar-refractivity contribution in [2.24, 2.45) is 0 Å². The van der Waals surface area contributed by atoms with E-state index in [0.717, 1.165) is 21.3 Å². The maximum atomic E-state index is 6.15. The van der Waals surface area contributed by atoms with Crippen molar-refractivity contribution >= 4 is 41.1 Å². The lowest BCUT2D eigenvalue weighted by Crippen LogP contribution is -2.41. The first-order chi connectivity index (χ1) is 10.2. The molecular formula is C15H23BrN4OSi. The summed E-state index contributed by atoms with van der Waals surface area (Å²) in [6.07, 6.45) is 5.10. The van der Waals surface area contributed by atoms with Crippen LogP contribution in [-0.4, -0.2) is 36.4 Å². The van der Waals surface area contributed by atoms with Crippen LogP contribution in [0.15, 0.2) is 23.1 Å². The predicted octanol–water partition coefficient (Wildman–Crippen LogP) is 4.22. The fourth-order valence-electron chi connectivity index (χ4n) is 1.75. The summed E-state index contributed by atoms with van der Waals surface area (Å²) in [5, 5.41) is 3.52. The lowest BCUT2D eigenvalue weighted by atomic mass is 10.2. The van der Waals surface area contributed by atoms with Gasteiger partial charge in [0.15, 0.2) is 14.1 Å². The van der Waals surface area contributed by atoms with Gasteiger partial charge in [-0.3, -0.25) is 4.98 Å². The average molecular weight is 383 g/mol. The molecule has 0 radical (unpaired) electrons. The molecule has 22 heavy (non-hydrogen) atoms. The molecule has 0 aliphatic carbocycles. The Labute approximate surface area is 141 Å². The number of halogens is 1. The SMILES string of the molecule is CC(C)(C)[Si](C)(C)OCCNc1ncc(Br)c2nccnc12. The Hall–Kier alpha value is -1.05. The summed E-state index contributed by atoms with van der Waals surface area (Å²) in [5.41, 5.74) is 1.58. The van der Waals surface area contributed by atoms with Crippen molar-refractivity contribution in [3.63, 3.8) is 0 Å². The third-order valence-electron chi connectivity index (χ3n) is 4.12. The second-order valence-corrected chi connectivity index (χ2v) is 12.4. The van der Waals surface area contributed by atoms with Gasteiger partial charge in [-0.1, -0.05) is 20.8 Å². The van der Waals surface area contributed by atoms with Gasteiger partial charge in [0.05, 0.1) is 11.1 Å². The molecule has 0 fully saturated rings. The van der Waals surface area contributed by atoms with E-state index in [1.807, 2.05) is 0 Å². The third kappa shape index (κ3) is 3.82. The molecule has 0 bridgehead atoms. The highest BCUT2D eigenvalue weighted by Gasteiger charge is 2.36. The van der Waals surface area contributed by atoms with Gasteiger partial charge in [-0.05, 0) is 34.1 Å². The van der Waals surface area contributed by atoms with E-state index in [9.17, 15) is 0 Å². The highest BCUT2D eigenvalue weighted by molar-refractivity contribution is 9.10. The van der Waals surface area contributed by atoms with Crippen molar-refractivity contribution in [2.45, 2.75) is 38.9 Å². The van der Waals surface area contributed by atoms with Crippen LogP contribution in [0.3, 0.4) is 0 Å². The molecule has 0 unspecified atom stereocenters. The molecule has 2 heterocycles. The maximum absolute atomic E-state index is 6.15. The summed E-state index contributed by atoms with van der Waals surface area (Å²) in [6.45, 7) is 12.6. The number of hydrogen-bond donors (Lipinski definition) is 1. The Morgan fingerprint density at radius 3 is 2.41 bits per heavy atom. The lowest BCUT2D eigenvalue weighted by Gasteiger charge is -2.36. The van der Waals surface area contributed by atoms with Crippen LogP contribution in [0.25, 0.3) is 11.0 Å². The number of hydrogen-bond acceptors (Lipinski definition) is 5. The monoisotopic (exact) mass is 382 g/mol. The minimum atomic E-state index is -1.70. The van der Waals surface area contributed by atoms with Gasteiger partial charge in [0.1, 0.15) is 11.0 Å². The Morgan fingerprint density at radius 1 is 1.14 bits per heavy atom. The van der Waals surface area contributed by atoms with E-state index in [-0.39, 0.29) is 5.04 Å². The van der Waals surface area contributed by atoms with E-state index in [1.165, 1.54) is 0 Å². The molecule has 0 spiro atoms. The Kier molecular flexibility index (Phi) is 5.19. The molecule has 0 aliphatic rings. The normalized spacial score (nSPS) is 12.6. The molecule has 0 amide bonds. The number of pyridine rings is 1. The zero-order valence-corrected chi connectivity index (χ0v) is 16.4. The summed E-state index contributed by atoms with van der Waals surface area (Å²) < 4.78 is 7.00. The van der Waals surface area contributed by atoms with Gasteiger partial charge in [-0.2, -0.15) is 0 Å². The van der Waals surface area contributed by atoms with Gasteiger partial charge in [0.25, 0.3) is 0 Å². The van der Waals surface area contributed by atoms with Crippen LogP contribution >= 0.6 is 15.9 Å². The molecule has 7 heteroatoms. The van der Waals surface area contributed by atoms with Gasteiger partial charge < -0.3 is 9.74 Å². The van der Waals surface area contributed by atoms with E-state index >= 15 is 0 Å². The van der Waals surface area contributed by atoms with E-state index in [1.54, 1.807) is 18.6 Å². The number of rotatable bonds is 5. The Bertz CT molecular complexity index is 658. The van der Waals surface area contributed by atoms with E-state index in [4.69, 9.17) is 4.43 Å². The quantitative estimate of drug-likeness (QED) is 0.619. The molecule has 0 saturated carbocycles. The summed E-state index contributed by atoms with van der Waals surface area (Å²) >= 11 is 3.45. The first-order valence-electron chi connectivity index (χ1n) is 7.35. The number of aromatic nitrogens is 3. The first kappa shape index (κ1) is 17.3. The van der Waals surface area contributed by atoms with E-state index < -0.39 is 8.32 Å². The van der Waals surface area contributed by atoms with Crippen LogP contribution in [0.2, 0.25) is 18.1 Å². The molecule has 0 aromatic carbocycles. The molecule has 0 saturated heterocycles. The fraction of sp³-hybridized carbons (Fsp3) is 0.533. The van der Waals surface area contributed by atoms with Crippen molar-refractivity contribution in [3.05, 3.63) is 23.1 Å². The van der Waals surface area contributed by atoms with E-state index in [0.29, 0.717) is 13.2 Å². The second-order valence-electron chi connectivity index (χ2n) is 6.74. The molecule has 2 rings (SSSR count). The number of fused-ring (bicyclic) bond motifs is 1. The van der Waals surface area contributed by atoms with Gasteiger partial charge in [-0.25, -0.2) is 9.97 Å². The van der Waals surface area contributed by atoms with Crippen LogP contribution in [0.4, 0.5) is 5.82 Å². The summed E-state index contributed by atoms with van der Waals surface area (Å²) in [5.74, 6) is 0.741. The van der Waals surface area contributed by atoms with Gasteiger partial charge in [0, 0.05) is 25.1 Å². The Balaban J connectivity index is 2.00. The number of nitrogens with one attached hydrogen (secondary N) is 1. The van der Waals surface area contributed by atoms with Crippen molar-refractivity contribution in [2.75, 3.05) is 18.5 Å². The highest BCUT2D eigenvalue weighted by atomic mass is 79.9. The van der Waals surface area contributed by atoms with Crippen LogP contribution < -0.4 is 5.32 Å². The number of nitrogens with zero attached hydrogens (tertiary/aromatic N) is 3. The van der Waals surface area contributed by atoms with Gasteiger partial charge >= 0.3 is 0 Å². The molecule has 0 atom stereocenters. The van der Waals surface area contributed by atoms with Crippen molar-refractivity contribution in [3.8, 4) is 0 Å². The predicted molar refractivity (Wildman–Crippen MR) is 96.7 cm³/mol. The summed E-state index contributed by atoms with van der Waals surface area (Å²) in [4.78, 5) is 13.1. The van der Waals surface area contributed by atoms with Crippen molar-refractivity contribution in [1.82, 2.24) is 15.0 Å². The topological polar surface area (TPSA) is 59.9 Å². The molecule has 5 nitrogen and oxygen atoms in total. The fourth-order valence-corrected chi connectivity index (χ4v) is 3.19. The summed E-state index contributed by atoms with van der Waals surface area (Å²) in [7, 11) is -1.70. The van der Waals surface area contributed by atoms with Gasteiger partial charge in [-0.15, -0.1) is 0 Å². The smallest absolute Gasteiger partial charge is 0.192 e. The molecular weight excluding hydrogens is 360 g/mol. The van der Waals surface area contributed by atoms with Crippen molar-refractivity contribution in [1.29, 1.82) is 0 Å². The zero-order valence-electron chi connectivity index (χ0n) is 13.8. The molecule has 120 valence electrons. The largest absolute Gasteiger partial charge is 0.415 e. The van der Waals surface area contributed by atoms with Crippen LogP contribution in [-0.2, 0) is 4.43 Å². The Morgan fingerprint density at radius 2 is 1.77 bits per heavy atom. The highest BCUT2D eigenvalue weighted by Crippen LogP contribution is 2.36. The molecule has 0 aliphatic heterocycles. The minimum absolute atomic E-state index is 0.223. The molecule has 2 aromatic rings. The van der Waals surface area contributed by atoms with E-state index in [2.05, 4.69) is 70.1 Å². The third-order valence-corrected chi connectivity index (χ3v) is 9.24. The van der Waals surface area contributed by atoms with Crippen LogP contribution in [0.1, 0.15) is 20.8 Å². The maximum Gasteiger partial charge on any atom is 0.192 e. The van der Waals surface area contributed by atoms with Crippen LogP contribution in [0, 0.1) is 0 Å². The average Bonchev–Trinajstić information content (AvgIpc) is 2.45. The molecule has 2 aromatic heterocycles.